The number of methoxy groups -OCH3 is 1. The third-order valence-corrected chi connectivity index (χ3v) is 3.53. The van der Waals surface area contributed by atoms with Crippen LogP contribution in [0.25, 0.3) is 0 Å². The zero-order valence-corrected chi connectivity index (χ0v) is 12.0. The summed E-state index contributed by atoms with van der Waals surface area (Å²) < 4.78 is 11.6. The molecule has 4 heteroatoms. The van der Waals surface area contributed by atoms with Gasteiger partial charge in [-0.15, -0.1) is 0 Å². The molecule has 1 heterocycles. The molecule has 2 rings (SSSR count). The number of ether oxygens (including phenoxy) is 1. The lowest BCUT2D eigenvalue weighted by atomic mass is 10.0. The molecule has 1 N–H and O–H groups in total. The first-order chi connectivity index (χ1) is 8.74. The van der Waals surface area contributed by atoms with Gasteiger partial charge in [0.05, 0.1) is 17.8 Å². The molecule has 1 aromatic heterocycles. The van der Waals surface area contributed by atoms with Crippen LogP contribution in [0.2, 0.25) is 0 Å². The Bertz CT molecular complexity index is 497. The first kappa shape index (κ1) is 13.2. The van der Waals surface area contributed by atoms with E-state index in [1.165, 1.54) is 5.56 Å². The minimum absolute atomic E-state index is 0.221. The van der Waals surface area contributed by atoms with Gasteiger partial charge in [-0.2, -0.15) is 0 Å². The van der Waals surface area contributed by atoms with Gasteiger partial charge in [-0.3, -0.25) is 0 Å². The summed E-state index contributed by atoms with van der Waals surface area (Å²) in [5.74, 6) is 1.81. The number of furan rings is 1. The fraction of sp³-hybridized carbons (Fsp3) is 0.286. The van der Waals surface area contributed by atoms with Crippen molar-refractivity contribution in [1.82, 2.24) is 5.32 Å². The molecular formula is C14H16BrNO2. The second-order valence-corrected chi connectivity index (χ2v) is 4.87. The number of hydrogen-bond acceptors (Lipinski definition) is 3. The third-order valence-electron chi connectivity index (χ3n) is 2.91. The van der Waals surface area contributed by atoms with Crippen LogP contribution in [0.4, 0.5) is 0 Å². The number of benzene rings is 1. The van der Waals surface area contributed by atoms with E-state index in [1.54, 1.807) is 13.4 Å². The lowest BCUT2D eigenvalue weighted by Crippen LogP contribution is -2.18. The Kier molecular flexibility index (Phi) is 4.44. The van der Waals surface area contributed by atoms with Crippen molar-refractivity contribution in [3.8, 4) is 5.75 Å². The summed E-state index contributed by atoms with van der Waals surface area (Å²) in [6, 6.07) is 10.2. The standard InChI is InChI=1S/C14H16BrNO2/c1-16-13(9-11-4-3-7-18-11)10-5-6-14(17-2)12(15)8-10/h3-8,13,16H,9H2,1-2H3. The Hall–Kier alpha value is -1.26. The van der Waals surface area contributed by atoms with E-state index in [4.69, 9.17) is 9.15 Å². The van der Waals surface area contributed by atoms with E-state index in [2.05, 4.69) is 33.4 Å². The first-order valence-electron chi connectivity index (χ1n) is 5.77. The van der Waals surface area contributed by atoms with Crippen LogP contribution in [0.5, 0.6) is 5.75 Å². The summed E-state index contributed by atoms with van der Waals surface area (Å²) in [6.45, 7) is 0. The molecule has 3 nitrogen and oxygen atoms in total. The topological polar surface area (TPSA) is 34.4 Å². The van der Waals surface area contributed by atoms with Crippen LogP contribution in [0, 0.1) is 0 Å². The molecule has 0 fully saturated rings. The molecule has 0 spiro atoms. The Balaban J connectivity index is 2.19. The van der Waals surface area contributed by atoms with Gasteiger partial charge in [0.15, 0.2) is 0 Å². The zero-order chi connectivity index (χ0) is 13.0. The fourth-order valence-electron chi connectivity index (χ4n) is 1.92. The molecule has 96 valence electrons. The van der Waals surface area contributed by atoms with Gasteiger partial charge < -0.3 is 14.5 Å². The van der Waals surface area contributed by atoms with Crippen molar-refractivity contribution in [2.24, 2.45) is 0 Å². The highest BCUT2D eigenvalue weighted by molar-refractivity contribution is 9.10. The van der Waals surface area contributed by atoms with Gasteiger partial charge in [0, 0.05) is 12.5 Å². The number of hydrogen-bond donors (Lipinski definition) is 1. The van der Waals surface area contributed by atoms with Crippen molar-refractivity contribution in [1.29, 1.82) is 0 Å². The minimum atomic E-state index is 0.221. The normalized spacial score (nSPS) is 12.4. The molecule has 1 aromatic carbocycles. The summed E-state index contributed by atoms with van der Waals surface area (Å²) in [6.07, 6.45) is 2.52. The van der Waals surface area contributed by atoms with E-state index < -0.39 is 0 Å². The van der Waals surface area contributed by atoms with Crippen LogP contribution in [-0.2, 0) is 6.42 Å². The number of likely N-dealkylation sites (N-methyl/N-ethyl adjacent to an activating group) is 1. The van der Waals surface area contributed by atoms with Gasteiger partial charge in [0.1, 0.15) is 11.5 Å². The maximum absolute atomic E-state index is 5.39. The van der Waals surface area contributed by atoms with Crippen molar-refractivity contribution in [3.63, 3.8) is 0 Å². The second kappa shape index (κ2) is 6.07. The van der Waals surface area contributed by atoms with Crippen molar-refractivity contribution in [3.05, 3.63) is 52.4 Å². The average molecular weight is 310 g/mol. The molecule has 2 aromatic rings. The zero-order valence-electron chi connectivity index (χ0n) is 10.4. The van der Waals surface area contributed by atoms with Crippen LogP contribution in [0.3, 0.4) is 0 Å². The lowest BCUT2D eigenvalue weighted by molar-refractivity contribution is 0.411. The van der Waals surface area contributed by atoms with Gasteiger partial charge in [-0.25, -0.2) is 0 Å². The third kappa shape index (κ3) is 2.94. The van der Waals surface area contributed by atoms with Gasteiger partial charge in [-0.05, 0) is 52.8 Å². The van der Waals surface area contributed by atoms with Gasteiger partial charge in [0.2, 0.25) is 0 Å². The average Bonchev–Trinajstić information content (AvgIpc) is 2.88. The number of nitrogens with one attached hydrogen (secondary N) is 1. The minimum Gasteiger partial charge on any atom is -0.496 e. The van der Waals surface area contributed by atoms with E-state index in [1.807, 2.05) is 25.2 Å². The summed E-state index contributed by atoms with van der Waals surface area (Å²) in [5.41, 5.74) is 1.20. The highest BCUT2D eigenvalue weighted by Crippen LogP contribution is 2.29. The van der Waals surface area contributed by atoms with Crippen LogP contribution in [0.15, 0.2) is 45.5 Å². The first-order valence-corrected chi connectivity index (χ1v) is 6.57. The van der Waals surface area contributed by atoms with Crippen LogP contribution in [0.1, 0.15) is 17.4 Å². The summed E-state index contributed by atoms with van der Waals surface area (Å²) in [7, 11) is 3.61. The van der Waals surface area contributed by atoms with Gasteiger partial charge >= 0.3 is 0 Å². The Morgan fingerprint density at radius 1 is 1.39 bits per heavy atom. The van der Waals surface area contributed by atoms with E-state index in [9.17, 15) is 0 Å². The summed E-state index contributed by atoms with van der Waals surface area (Å²) >= 11 is 3.51. The Morgan fingerprint density at radius 3 is 2.78 bits per heavy atom. The van der Waals surface area contributed by atoms with Gasteiger partial charge in [-0.1, -0.05) is 6.07 Å². The van der Waals surface area contributed by atoms with Crippen LogP contribution in [-0.4, -0.2) is 14.2 Å². The summed E-state index contributed by atoms with van der Waals surface area (Å²) in [4.78, 5) is 0. The van der Waals surface area contributed by atoms with Crippen LogP contribution < -0.4 is 10.1 Å². The highest BCUT2D eigenvalue weighted by atomic mass is 79.9. The molecule has 0 aliphatic heterocycles. The van der Waals surface area contributed by atoms with Crippen molar-refractivity contribution >= 4 is 15.9 Å². The predicted molar refractivity (Wildman–Crippen MR) is 74.9 cm³/mol. The quantitative estimate of drug-likeness (QED) is 0.917. The van der Waals surface area contributed by atoms with Crippen molar-refractivity contribution in [2.75, 3.05) is 14.2 Å². The van der Waals surface area contributed by atoms with E-state index in [0.29, 0.717) is 0 Å². The van der Waals surface area contributed by atoms with E-state index in [0.717, 1.165) is 22.4 Å². The maximum Gasteiger partial charge on any atom is 0.133 e. The molecule has 18 heavy (non-hydrogen) atoms. The number of halogens is 1. The van der Waals surface area contributed by atoms with E-state index in [-0.39, 0.29) is 6.04 Å². The van der Waals surface area contributed by atoms with Crippen LogP contribution >= 0.6 is 15.9 Å². The van der Waals surface area contributed by atoms with Crippen molar-refractivity contribution < 1.29 is 9.15 Å². The molecule has 0 saturated heterocycles. The monoisotopic (exact) mass is 309 g/mol. The predicted octanol–water partition coefficient (Wildman–Crippen LogP) is 3.55. The molecule has 0 saturated carbocycles. The highest BCUT2D eigenvalue weighted by Gasteiger charge is 2.13. The molecule has 1 unspecified atom stereocenters. The molecule has 0 bridgehead atoms. The molecule has 0 aliphatic carbocycles. The van der Waals surface area contributed by atoms with E-state index >= 15 is 0 Å². The molecule has 0 amide bonds. The SMILES string of the molecule is CNC(Cc1ccco1)c1ccc(OC)c(Br)c1. The molecular weight excluding hydrogens is 294 g/mol. The largest absolute Gasteiger partial charge is 0.496 e. The second-order valence-electron chi connectivity index (χ2n) is 4.02. The molecule has 0 aliphatic rings. The summed E-state index contributed by atoms with van der Waals surface area (Å²) in [5, 5.41) is 3.30. The molecule has 0 radical (unpaired) electrons. The lowest BCUT2D eigenvalue weighted by Gasteiger charge is -2.16. The van der Waals surface area contributed by atoms with Crippen molar-refractivity contribution in [2.45, 2.75) is 12.5 Å². The smallest absolute Gasteiger partial charge is 0.133 e. The maximum atomic E-state index is 5.39. The Morgan fingerprint density at radius 2 is 2.22 bits per heavy atom. The number of rotatable bonds is 5. The molecule has 1 atom stereocenters. The van der Waals surface area contributed by atoms with Gasteiger partial charge in [0.25, 0.3) is 0 Å². The Labute approximate surface area is 115 Å². The fourth-order valence-corrected chi connectivity index (χ4v) is 2.47.